The van der Waals surface area contributed by atoms with Crippen molar-refractivity contribution in [2.75, 3.05) is 57.3 Å². The van der Waals surface area contributed by atoms with Gasteiger partial charge >= 0.3 is 0 Å². The number of para-hydroxylation sites is 1. The lowest BCUT2D eigenvalue weighted by Crippen LogP contribution is -2.47. The van der Waals surface area contributed by atoms with Gasteiger partial charge in [0.05, 0.1) is 0 Å². The minimum atomic E-state index is 0.802. The molecule has 0 spiro atoms. The molecule has 2 heterocycles. The van der Waals surface area contributed by atoms with Crippen LogP contribution in [0.1, 0.15) is 19.8 Å². The zero-order chi connectivity index (χ0) is 20.2. The SMILES string of the molecule is CCNC(=NCCCn1cccn1)NCCCN1CCN(c2ccccc2)CC1. The Hall–Kier alpha value is -2.54. The lowest BCUT2D eigenvalue weighted by atomic mass is 10.2. The van der Waals surface area contributed by atoms with Gasteiger partial charge in [-0.2, -0.15) is 5.10 Å². The third-order valence-electron chi connectivity index (χ3n) is 5.16. The van der Waals surface area contributed by atoms with E-state index in [1.54, 1.807) is 0 Å². The van der Waals surface area contributed by atoms with E-state index in [1.807, 2.05) is 23.1 Å². The van der Waals surface area contributed by atoms with Gasteiger partial charge in [0.25, 0.3) is 0 Å². The maximum atomic E-state index is 4.67. The van der Waals surface area contributed by atoms with E-state index >= 15 is 0 Å². The standard InChI is InChI=1S/C22H35N7/c1-2-23-22(25-12-7-15-29-16-8-13-26-29)24-11-6-14-27-17-19-28(20-18-27)21-9-4-3-5-10-21/h3-5,8-10,13,16H,2,6-7,11-12,14-15,17-20H2,1H3,(H2,23,24,25). The topological polar surface area (TPSA) is 60.7 Å². The van der Waals surface area contributed by atoms with Gasteiger partial charge in [-0.15, -0.1) is 0 Å². The summed E-state index contributed by atoms with van der Waals surface area (Å²) in [6, 6.07) is 12.7. The van der Waals surface area contributed by atoms with Crippen LogP contribution < -0.4 is 15.5 Å². The van der Waals surface area contributed by atoms with Crippen LogP contribution >= 0.6 is 0 Å². The van der Waals surface area contributed by atoms with Gasteiger partial charge in [-0.25, -0.2) is 0 Å². The van der Waals surface area contributed by atoms with Crippen molar-refractivity contribution in [3.05, 3.63) is 48.8 Å². The van der Waals surface area contributed by atoms with Gasteiger partial charge in [0.15, 0.2) is 5.96 Å². The molecule has 29 heavy (non-hydrogen) atoms. The predicted octanol–water partition coefficient (Wildman–Crippen LogP) is 2.04. The van der Waals surface area contributed by atoms with Crippen molar-refractivity contribution in [2.45, 2.75) is 26.3 Å². The van der Waals surface area contributed by atoms with E-state index < -0.39 is 0 Å². The zero-order valence-electron chi connectivity index (χ0n) is 17.6. The second-order valence-corrected chi connectivity index (χ2v) is 7.33. The summed E-state index contributed by atoms with van der Waals surface area (Å²) in [6.07, 6.45) is 5.93. The molecular weight excluding hydrogens is 362 g/mol. The quantitative estimate of drug-likeness (QED) is 0.365. The first kappa shape index (κ1) is 21.2. The fourth-order valence-corrected chi connectivity index (χ4v) is 3.58. The molecule has 0 aliphatic carbocycles. The van der Waals surface area contributed by atoms with Gasteiger partial charge in [0, 0.05) is 70.4 Å². The van der Waals surface area contributed by atoms with Gasteiger partial charge in [0.1, 0.15) is 0 Å². The first-order chi connectivity index (χ1) is 14.3. The Morgan fingerprint density at radius 1 is 1.00 bits per heavy atom. The Morgan fingerprint density at radius 3 is 2.55 bits per heavy atom. The molecule has 1 fully saturated rings. The van der Waals surface area contributed by atoms with Crippen LogP contribution in [0.2, 0.25) is 0 Å². The molecule has 2 N–H and O–H groups in total. The van der Waals surface area contributed by atoms with E-state index in [4.69, 9.17) is 0 Å². The number of aromatic nitrogens is 2. The van der Waals surface area contributed by atoms with Crippen molar-refractivity contribution in [1.82, 2.24) is 25.3 Å². The molecule has 0 bridgehead atoms. The summed E-state index contributed by atoms with van der Waals surface area (Å²) in [5.41, 5.74) is 1.34. The molecule has 7 heteroatoms. The van der Waals surface area contributed by atoms with Crippen LogP contribution in [0, 0.1) is 0 Å². The second-order valence-electron chi connectivity index (χ2n) is 7.33. The van der Waals surface area contributed by atoms with Gasteiger partial charge in [-0.3, -0.25) is 14.6 Å². The van der Waals surface area contributed by atoms with E-state index in [1.165, 1.54) is 5.69 Å². The molecule has 0 unspecified atom stereocenters. The molecule has 3 rings (SSSR count). The maximum Gasteiger partial charge on any atom is 0.191 e. The zero-order valence-corrected chi connectivity index (χ0v) is 17.6. The number of aliphatic imine (C=N–C) groups is 1. The van der Waals surface area contributed by atoms with Crippen LogP contribution in [0.4, 0.5) is 5.69 Å². The minimum absolute atomic E-state index is 0.802. The Morgan fingerprint density at radius 2 is 1.83 bits per heavy atom. The number of benzene rings is 1. The summed E-state index contributed by atoms with van der Waals surface area (Å²) in [7, 11) is 0. The van der Waals surface area contributed by atoms with Crippen LogP contribution in [-0.2, 0) is 6.54 Å². The Balaban J connectivity index is 1.29. The van der Waals surface area contributed by atoms with Gasteiger partial charge in [0.2, 0.25) is 0 Å². The summed E-state index contributed by atoms with van der Waals surface area (Å²) >= 11 is 0. The monoisotopic (exact) mass is 397 g/mol. The van der Waals surface area contributed by atoms with E-state index in [-0.39, 0.29) is 0 Å². The van der Waals surface area contributed by atoms with Crippen molar-refractivity contribution >= 4 is 11.6 Å². The number of guanidine groups is 1. The van der Waals surface area contributed by atoms with E-state index in [9.17, 15) is 0 Å². The Kier molecular flexibility index (Phi) is 8.85. The third kappa shape index (κ3) is 7.42. The smallest absolute Gasteiger partial charge is 0.191 e. The molecule has 0 saturated carbocycles. The largest absolute Gasteiger partial charge is 0.369 e. The van der Waals surface area contributed by atoms with Crippen molar-refractivity contribution < 1.29 is 0 Å². The number of anilines is 1. The molecule has 1 aromatic heterocycles. The van der Waals surface area contributed by atoms with Crippen LogP contribution in [0.15, 0.2) is 53.8 Å². The number of rotatable bonds is 10. The van der Waals surface area contributed by atoms with Crippen LogP contribution in [-0.4, -0.2) is 73.0 Å². The van der Waals surface area contributed by atoms with E-state index in [2.05, 4.69) is 67.8 Å². The molecule has 1 aliphatic heterocycles. The van der Waals surface area contributed by atoms with Gasteiger partial charge in [-0.1, -0.05) is 18.2 Å². The van der Waals surface area contributed by atoms with Crippen molar-refractivity contribution in [2.24, 2.45) is 4.99 Å². The third-order valence-corrected chi connectivity index (χ3v) is 5.16. The molecule has 2 aromatic rings. The Bertz CT molecular complexity index is 691. The lowest BCUT2D eigenvalue weighted by molar-refractivity contribution is 0.255. The molecule has 0 radical (unpaired) electrons. The minimum Gasteiger partial charge on any atom is -0.369 e. The highest BCUT2D eigenvalue weighted by Gasteiger charge is 2.16. The summed E-state index contributed by atoms with van der Waals surface area (Å²) in [6.45, 7) is 11.3. The molecule has 0 atom stereocenters. The van der Waals surface area contributed by atoms with Gasteiger partial charge in [-0.05, 0) is 44.5 Å². The highest BCUT2D eigenvalue weighted by molar-refractivity contribution is 5.79. The lowest BCUT2D eigenvalue weighted by Gasteiger charge is -2.36. The summed E-state index contributed by atoms with van der Waals surface area (Å²) < 4.78 is 1.95. The van der Waals surface area contributed by atoms with E-state index in [0.717, 1.165) is 77.7 Å². The van der Waals surface area contributed by atoms with Crippen molar-refractivity contribution in [3.63, 3.8) is 0 Å². The molecule has 1 saturated heterocycles. The fraction of sp³-hybridized carbons (Fsp3) is 0.545. The van der Waals surface area contributed by atoms with E-state index in [0.29, 0.717) is 0 Å². The first-order valence-electron chi connectivity index (χ1n) is 10.9. The van der Waals surface area contributed by atoms with Crippen molar-refractivity contribution in [3.8, 4) is 0 Å². The highest BCUT2D eigenvalue weighted by atomic mass is 15.3. The van der Waals surface area contributed by atoms with Crippen LogP contribution in [0.25, 0.3) is 0 Å². The summed E-state index contributed by atoms with van der Waals surface area (Å²) in [5, 5.41) is 11.0. The highest BCUT2D eigenvalue weighted by Crippen LogP contribution is 2.15. The number of nitrogens with one attached hydrogen (secondary N) is 2. The molecular formula is C22H35N7. The number of hydrogen-bond donors (Lipinski definition) is 2. The average Bonchev–Trinajstić information content (AvgIpc) is 3.29. The second kappa shape index (κ2) is 12.1. The normalized spacial score (nSPS) is 15.5. The molecule has 0 amide bonds. The first-order valence-corrected chi connectivity index (χ1v) is 10.9. The fourth-order valence-electron chi connectivity index (χ4n) is 3.58. The number of aryl methyl sites for hydroxylation is 1. The number of hydrogen-bond acceptors (Lipinski definition) is 4. The van der Waals surface area contributed by atoms with Gasteiger partial charge < -0.3 is 15.5 Å². The maximum absolute atomic E-state index is 4.67. The molecule has 7 nitrogen and oxygen atoms in total. The average molecular weight is 398 g/mol. The summed E-state index contributed by atoms with van der Waals surface area (Å²) in [5.74, 6) is 0.918. The molecule has 1 aliphatic rings. The predicted molar refractivity (Wildman–Crippen MR) is 121 cm³/mol. The van der Waals surface area contributed by atoms with Crippen LogP contribution in [0.3, 0.4) is 0 Å². The molecule has 158 valence electrons. The number of piperazine rings is 1. The molecule has 1 aromatic carbocycles. The Labute approximate surface area is 174 Å². The van der Waals surface area contributed by atoms with Crippen molar-refractivity contribution in [1.29, 1.82) is 0 Å². The van der Waals surface area contributed by atoms with Crippen LogP contribution in [0.5, 0.6) is 0 Å². The summed E-state index contributed by atoms with van der Waals surface area (Å²) in [4.78, 5) is 9.72. The number of nitrogens with zero attached hydrogens (tertiary/aromatic N) is 5.